The lowest BCUT2D eigenvalue weighted by Crippen LogP contribution is -2.37. The zero-order chi connectivity index (χ0) is 13.9. The maximum Gasteiger partial charge on any atom is 0.232 e. The number of nitrogens with two attached hydrogens (primary N) is 1. The first-order valence-corrected chi connectivity index (χ1v) is 6.52. The van der Waals surface area contributed by atoms with Crippen molar-refractivity contribution in [1.82, 2.24) is 15.0 Å². The van der Waals surface area contributed by atoms with E-state index >= 15 is 0 Å². The molecule has 0 saturated carbocycles. The minimum Gasteiger partial charge on any atom is -0.378 e. The third-order valence-electron chi connectivity index (χ3n) is 2.71. The largest absolute Gasteiger partial charge is 0.378 e. The van der Waals surface area contributed by atoms with Crippen LogP contribution in [0.25, 0.3) is 0 Å². The Hall–Kier alpha value is -1.63. The number of anilines is 3. The van der Waals surface area contributed by atoms with Crippen LogP contribution in [0, 0.1) is 5.41 Å². The molecule has 1 fully saturated rings. The molecule has 0 aliphatic carbocycles. The molecule has 1 aromatic rings. The molecule has 2 rings (SSSR count). The molecule has 0 radical (unpaired) electrons. The Morgan fingerprint density at radius 1 is 1.21 bits per heavy atom. The summed E-state index contributed by atoms with van der Waals surface area (Å²) in [6, 6.07) is 0. The summed E-state index contributed by atoms with van der Waals surface area (Å²) in [5, 5.41) is 3.20. The van der Waals surface area contributed by atoms with Gasteiger partial charge in [-0.1, -0.05) is 20.8 Å². The van der Waals surface area contributed by atoms with Gasteiger partial charge in [0.2, 0.25) is 17.8 Å². The summed E-state index contributed by atoms with van der Waals surface area (Å²) in [7, 11) is 0. The number of morpholine rings is 1. The molecule has 0 unspecified atom stereocenters. The zero-order valence-electron chi connectivity index (χ0n) is 11.8. The van der Waals surface area contributed by atoms with Gasteiger partial charge in [0.05, 0.1) is 13.2 Å². The average molecular weight is 266 g/mol. The second kappa shape index (κ2) is 5.56. The van der Waals surface area contributed by atoms with Gasteiger partial charge in [-0.05, 0) is 5.41 Å². The van der Waals surface area contributed by atoms with E-state index in [1.807, 2.05) is 0 Å². The Morgan fingerprint density at radius 3 is 2.53 bits per heavy atom. The SMILES string of the molecule is CC(C)(C)CNc1nc(N)nc(N2CCOCC2)n1. The second-order valence-corrected chi connectivity index (χ2v) is 5.83. The molecule has 0 spiro atoms. The molecule has 3 N–H and O–H groups in total. The van der Waals surface area contributed by atoms with E-state index in [2.05, 4.69) is 45.9 Å². The summed E-state index contributed by atoms with van der Waals surface area (Å²) < 4.78 is 5.31. The minimum absolute atomic E-state index is 0.153. The van der Waals surface area contributed by atoms with Gasteiger partial charge in [-0.2, -0.15) is 15.0 Å². The molecule has 0 bridgehead atoms. The van der Waals surface area contributed by atoms with Crippen LogP contribution in [0.15, 0.2) is 0 Å². The summed E-state index contributed by atoms with van der Waals surface area (Å²) in [5.74, 6) is 1.39. The second-order valence-electron chi connectivity index (χ2n) is 5.83. The van der Waals surface area contributed by atoms with Gasteiger partial charge in [-0.3, -0.25) is 0 Å². The first-order chi connectivity index (χ1) is 8.94. The molecular weight excluding hydrogens is 244 g/mol. The van der Waals surface area contributed by atoms with Crippen LogP contribution in [0.4, 0.5) is 17.8 Å². The van der Waals surface area contributed by atoms with E-state index in [1.54, 1.807) is 0 Å². The Kier molecular flexibility index (Phi) is 4.04. The number of nitrogens with zero attached hydrogens (tertiary/aromatic N) is 4. The van der Waals surface area contributed by atoms with E-state index in [1.165, 1.54) is 0 Å². The van der Waals surface area contributed by atoms with Gasteiger partial charge in [0, 0.05) is 19.6 Å². The highest BCUT2D eigenvalue weighted by atomic mass is 16.5. The molecule has 106 valence electrons. The lowest BCUT2D eigenvalue weighted by Gasteiger charge is -2.27. The standard InChI is InChI=1S/C12H22N6O/c1-12(2,3)8-14-10-15-9(13)16-11(17-10)18-4-6-19-7-5-18/h4-8H2,1-3H3,(H3,13,14,15,16,17). The van der Waals surface area contributed by atoms with Crippen LogP contribution in [0.5, 0.6) is 0 Å². The van der Waals surface area contributed by atoms with E-state index in [-0.39, 0.29) is 11.4 Å². The Labute approximate surface area is 113 Å². The predicted octanol–water partition coefficient (Wildman–Crippen LogP) is 0.748. The molecule has 0 aromatic carbocycles. The van der Waals surface area contributed by atoms with Crippen molar-refractivity contribution in [2.45, 2.75) is 20.8 Å². The first-order valence-electron chi connectivity index (χ1n) is 6.52. The van der Waals surface area contributed by atoms with Crippen molar-refractivity contribution in [3.63, 3.8) is 0 Å². The van der Waals surface area contributed by atoms with Crippen molar-refractivity contribution >= 4 is 17.8 Å². The highest BCUT2D eigenvalue weighted by Gasteiger charge is 2.17. The summed E-state index contributed by atoms with van der Waals surface area (Å²) in [4.78, 5) is 14.8. The number of hydrogen-bond acceptors (Lipinski definition) is 7. The monoisotopic (exact) mass is 266 g/mol. The lowest BCUT2D eigenvalue weighted by atomic mass is 9.97. The topological polar surface area (TPSA) is 89.2 Å². The lowest BCUT2D eigenvalue weighted by molar-refractivity contribution is 0.122. The van der Waals surface area contributed by atoms with Gasteiger partial charge in [-0.25, -0.2) is 0 Å². The highest BCUT2D eigenvalue weighted by molar-refractivity contribution is 5.42. The van der Waals surface area contributed by atoms with Gasteiger partial charge < -0.3 is 20.7 Å². The van der Waals surface area contributed by atoms with Crippen molar-refractivity contribution in [3.05, 3.63) is 0 Å². The fourth-order valence-corrected chi connectivity index (χ4v) is 1.71. The highest BCUT2D eigenvalue weighted by Crippen LogP contribution is 2.16. The van der Waals surface area contributed by atoms with Gasteiger partial charge in [-0.15, -0.1) is 0 Å². The van der Waals surface area contributed by atoms with Crippen molar-refractivity contribution in [2.75, 3.05) is 48.8 Å². The number of ether oxygens (including phenoxy) is 1. The van der Waals surface area contributed by atoms with Gasteiger partial charge >= 0.3 is 0 Å². The molecule has 1 aliphatic rings. The molecule has 1 aliphatic heterocycles. The van der Waals surface area contributed by atoms with Crippen LogP contribution < -0.4 is 16.0 Å². The number of nitrogen functional groups attached to an aromatic ring is 1. The van der Waals surface area contributed by atoms with Crippen molar-refractivity contribution in [3.8, 4) is 0 Å². The summed E-state index contributed by atoms with van der Waals surface area (Å²) in [6.45, 7) is 10.2. The van der Waals surface area contributed by atoms with Crippen LogP contribution in [-0.4, -0.2) is 47.8 Å². The van der Waals surface area contributed by atoms with Crippen LogP contribution in [0.1, 0.15) is 20.8 Å². The van der Waals surface area contributed by atoms with Gasteiger partial charge in [0.15, 0.2) is 0 Å². The maximum atomic E-state index is 5.75. The van der Waals surface area contributed by atoms with Crippen molar-refractivity contribution in [2.24, 2.45) is 5.41 Å². The van der Waals surface area contributed by atoms with Gasteiger partial charge in [0.1, 0.15) is 0 Å². The summed E-state index contributed by atoms with van der Waals surface area (Å²) >= 11 is 0. The molecular formula is C12H22N6O. The number of aromatic nitrogens is 3. The van der Waals surface area contributed by atoms with Crippen LogP contribution in [0.3, 0.4) is 0 Å². The third kappa shape index (κ3) is 4.20. The maximum absolute atomic E-state index is 5.75. The fraction of sp³-hybridized carbons (Fsp3) is 0.750. The Morgan fingerprint density at radius 2 is 1.89 bits per heavy atom. The molecule has 1 aromatic heterocycles. The fourth-order valence-electron chi connectivity index (χ4n) is 1.71. The Bertz CT molecular complexity index is 425. The first kappa shape index (κ1) is 13.8. The quantitative estimate of drug-likeness (QED) is 0.834. The van der Waals surface area contributed by atoms with Gasteiger partial charge in [0.25, 0.3) is 0 Å². The molecule has 2 heterocycles. The van der Waals surface area contributed by atoms with E-state index in [0.29, 0.717) is 25.1 Å². The molecule has 0 atom stereocenters. The number of nitrogens with one attached hydrogen (secondary N) is 1. The van der Waals surface area contributed by atoms with Crippen LogP contribution in [-0.2, 0) is 4.74 Å². The van der Waals surface area contributed by atoms with Crippen molar-refractivity contribution < 1.29 is 4.74 Å². The smallest absolute Gasteiger partial charge is 0.232 e. The van der Waals surface area contributed by atoms with Crippen molar-refractivity contribution in [1.29, 1.82) is 0 Å². The molecule has 7 heteroatoms. The van der Waals surface area contributed by atoms with Crippen LogP contribution >= 0.6 is 0 Å². The molecule has 19 heavy (non-hydrogen) atoms. The zero-order valence-corrected chi connectivity index (χ0v) is 11.8. The van der Waals surface area contributed by atoms with E-state index in [4.69, 9.17) is 10.5 Å². The summed E-state index contributed by atoms with van der Waals surface area (Å²) in [5.41, 5.74) is 5.90. The number of rotatable bonds is 3. The average Bonchev–Trinajstić information content (AvgIpc) is 2.36. The third-order valence-corrected chi connectivity index (χ3v) is 2.71. The molecule has 0 amide bonds. The normalized spacial score (nSPS) is 16.5. The number of hydrogen-bond donors (Lipinski definition) is 2. The minimum atomic E-state index is 0.153. The molecule has 1 saturated heterocycles. The van der Waals surface area contributed by atoms with Crippen LogP contribution in [0.2, 0.25) is 0 Å². The predicted molar refractivity (Wildman–Crippen MR) is 75.2 cm³/mol. The van der Waals surface area contributed by atoms with E-state index in [0.717, 1.165) is 19.6 Å². The molecule has 7 nitrogen and oxygen atoms in total. The Balaban J connectivity index is 2.10. The summed E-state index contributed by atoms with van der Waals surface area (Å²) in [6.07, 6.45) is 0. The van der Waals surface area contributed by atoms with E-state index in [9.17, 15) is 0 Å². The van der Waals surface area contributed by atoms with E-state index < -0.39 is 0 Å².